The van der Waals surface area contributed by atoms with Crippen molar-refractivity contribution in [2.75, 3.05) is 20.1 Å². The molecule has 1 N–H and O–H groups in total. The number of rotatable bonds is 4. The van der Waals surface area contributed by atoms with E-state index in [1.54, 1.807) is 6.07 Å². The van der Waals surface area contributed by atoms with E-state index in [-0.39, 0.29) is 6.04 Å². The summed E-state index contributed by atoms with van der Waals surface area (Å²) in [5.41, 5.74) is 0. The van der Waals surface area contributed by atoms with E-state index in [0.717, 1.165) is 19.4 Å². The first kappa shape index (κ1) is 12.4. The standard InChI is InChI=1S/C9H17N3O2S/c1-8(6-10)15(13,14)12(2)7-9-4-3-5-11-9/h8-9,11H,3-5,7H2,1-2H3. The average molecular weight is 231 g/mol. The van der Waals surface area contributed by atoms with Gasteiger partial charge in [-0.3, -0.25) is 0 Å². The lowest BCUT2D eigenvalue weighted by Crippen LogP contribution is -2.41. The number of nitrogens with one attached hydrogen (secondary N) is 1. The fourth-order valence-electron chi connectivity index (χ4n) is 1.66. The maximum absolute atomic E-state index is 11.7. The largest absolute Gasteiger partial charge is 0.313 e. The van der Waals surface area contributed by atoms with Gasteiger partial charge in [0, 0.05) is 19.6 Å². The van der Waals surface area contributed by atoms with Crippen molar-refractivity contribution in [3.8, 4) is 6.07 Å². The van der Waals surface area contributed by atoms with Gasteiger partial charge in [0.25, 0.3) is 0 Å². The van der Waals surface area contributed by atoms with Crippen LogP contribution in [0.2, 0.25) is 0 Å². The Hall–Kier alpha value is -0.640. The SMILES string of the molecule is CC(C#N)S(=O)(=O)N(C)CC1CCCN1. The molecule has 15 heavy (non-hydrogen) atoms. The normalized spacial score (nSPS) is 24.0. The Labute approximate surface area is 91.1 Å². The monoisotopic (exact) mass is 231 g/mol. The van der Waals surface area contributed by atoms with Crippen molar-refractivity contribution in [2.45, 2.75) is 31.1 Å². The molecule has 0 aromatic carbocycles. The van der Waals surface area contributed by atoms with Gasteiger partial charge >= 0.3 is 0 Å². The Morgan fingerprint density at radius 3 is 2.80 bits per heavy atom. The molecule has 2 unspecified atom stereocenters. The van der Waals surface area contributed by atoms with Gasteiger partial charge in [-0.25, -0.2) is 12.7 Å². The summed E-state index contributed by atoms with van der Waals surface area (Å²) in [7, 11) is -1.91. The third-order valence-electron chi connectivity index (χ3n) is 2.70. The van der Waals surface area contributed by atoms with Crippen LogP contribution in [0.5, 0.6) is 0 Å². The van der Waals surface area contributed by atoms with Crippen molar-refractivity contribution in [1.82, 2.24) is 9.62 Å². The number of hydrogen-bond donors (Lipinski definition) is 1. The fraction of sp³-hybridized carbons (Fsp3) is 0.889. The van der Waals surface area contributed by atoms with E-state index in [4.69, 9.17) is 5.26 Å². The third-order valence-corrected chi connectivity index (χ3v) is 4.72. The molecule has 0 radical (unpaired) electrons. The summed E-state index contributed by atoms with van der Waals surface area (Å²) in [4.78, 5) is 0. The van der Waals surface area contributed by atoms with Gasteiger partial charge in [0.2, 0.25) is 10.0 Å². The smallest absolute Gasteiger partial charge is 0.229 e. The summed E-state index contributed by atoms with van der Waals surface area (Å²) in [5.74, 6) is 0. The van der Waals surface area contributed by atoms with Gasteiger partial charge in [-0.2, -0.15) is 5.26 Å². The fourth-order valence-corrected chi connectivity index (χ4v) is 2.72. The van der Waals surface area contributed by atoms with E-state index in [1.807, 2.05) is 0 Å². The summed E-state index contributed by atoms with van der Waals surface area (Å²) in [5, 5.41) is 10.9. The molecule has 2 atom stereocenters. The van der Waals surface area contributed by atoms with Gasteiger partial charge in [0.15, 0.2) is 5.25 Å². The van der Waals surface area contributed by atoms with Crippen molar-refractivity contribution in [1.29, 1.82) is 5.26 Å². The maximum Gasteiger partial charge on any atom is 0.229 e. The van der Waals surface area contributed by atoms with Crippen molar-refractivity contribution in [3.63, 3.8) is 0 Å². The molecule has 1 rings (SSSR count). The number of sulfonamides is 1. The highest BCUT2D eigenvalue weighted by Crippen LogP contribution is 2.11. The van der Waals surface area contributed by atoms with Crippen LogP contribution in [0.25, 0.3) is 0 Å². The molecule has 6 heteroatoms. The first-order valence-electron chi connectivity index (χ1n) is 5.06. The molecule has 0 bridgehead atoms. The number of hydrogen-bond acceptors (Lipinski definition) is 4. The van der Waals surface area contributed by atoms with Crippen LogP contribution in [0.3, 0.4) is 0 Å². The molecular formula is C9H17N3O2S. The molecule has 1 fully saturated rings. The molecule has 1 saturated heterocycles. The second kappa shape index (κ2) is 4.92. The second-order valence-corrected chi connectivity index (χ2v) is 6.25. The lowest BCUT2D eigenvalue weighted by Gasteiger charge is -2.21. The molecule has 1 aliphatic heterocycles. The van der Waals surface area contributed by atoms with Crippen molar-refractivity contribution < 1.29 is 8.42 Å². The summed E-state index contributed by atoms with van der Waals surface area (Å²) in [6.45, 7) is 2.81. The minimum absolute atomic E-state index is 0.232. The van der Waals surface area contributed by atoms with Crippen LogP contribution >= 0.6 is 0 Å². The maximum atomic E-state index is 11.7. The van der Waals surface area contributed by atoms with Gasteiger partial charge < -0.3 is 5.32 Å². The predicted molar refractivity (Wildman–Crippen MR) is 57.6 cm³/mol. The van der Waals surface area contributed by atoms with Gasteiger partial charge in [0.1, 0.15) is 0 Å². The minimum atomic E-state index is -3.44. The van der Waals surface area contributed by atoms with Gasteiger partial charge in [0.05, 0.1) is 6.07 Å². The number of nitriles is 1. The van der Waals surface area contributed by atoms with Crippen molar-refractivity contribution in [3.05, 3.63) is 0 Å². The third kappa shape index (κ3) is 2.91. The molecule has 0 saturated carbocycles. The molecule has 0 aromatic rings. The lowest BCUT2D eigenvalue weighted by molar-refractivity contribution is 0.415. The summed E-state index contributed by atoms with van der Waals surface area (Å²) in [6, 6.07) is 1.99. The zero-order valence-corrected chi connectivity index (χ0v) is 9.92. The van der Waals surface area contributed by atoms with Gasteiger partial charge in [-0.05, 0) is 26.3 Å². The Morgan fingerprint density at radius 1 is 1.67 bits per heavy atom. The van der Waals surface area contributed by atoms with Crippen LogP contribution < -0.4 is 5.32 Å². The lowest BCUT2D eigenvalue weighted by atomic mass is 10.2. The summed E-state index contributed by atoms with van der Waals surface area (Å²) < 4.78 is 24.7. The van der Waals surface area contributed by atoms with E-state index >= 15 is 0 Å². The van der Waals surface area contributed by atoms with E-state index < -0.39 is 15.3 Å². The number of nitrogens with zero attached hydrogens (tertiary/aromatic N) is 2. The molecule has 0 spiro atoms. The van der Waals surface area contributed by atoms with Crippen LogP contribution in [-0.4, -0.2) is 44.2 Å². The second-order valence-electron chi connectivity index (χ2n) is 3.89. The van der Waals surface area contributed by atoms with Crippen LogP contribution in [0, 0.1) is 11.3 Å². The first-order chi connectivity index (χ1) is 6.98. The highest BCUT2D eigenvalue weighted by Gasteiger charge is 2.28. The Morgan fingerprint density at radius 2 is 2.33 bits per heavy atom. The Bertz CT molecular complexity index is 341. The van der Waals surface area contributed by atoms with E-state index in [1.165, 1.54) is 18.3 Å². The van der Waals surface area contributed by atoms with Crippen molar-refractivity contribution >= 4 is 10.0 Å². The average Bonchev–Trinajstić information content (AvgIpc) is 2.68. The quantitative estimate of drug-likeness (QED) is 0.734. The van der Waals surface area contributed by atoms with E-state index in [0.29, 0.717) is 6.54 Å². The molecule has 86 valence electrons. The molecule has 0 amide bonds. The highest BCUT2D eigenvalue weighted by molar-refractivity contribution is 7.89. The summed E-state index contributed by atoms with van der Waals surface area (Å²) in [6.07, 6.45) is 2.09. The molecule has 1 aliphatic rings. The molecule has 0 aliphatic carbocycles. The molecular weight excluding hydrogens is 214 g/mol. The zero-order chi connectivity index (χ0) is 11.5. The van der Waals surface area contributed by atoms with E-state index in [2.05, 4.69) is 5.32 Å². The van der Waals surface area contributed by atoms with Gasteiger partial charge in [-0.1, -0.05) is 0 Å². The number of likely N-dealkylation sites (N-methyl/N-ethyl adjacent to an activating group) is 1. The molecule has 5 nitrogen and oxygen atoms in total. The molecule has 0 aromatic heterocycles. The first-order valence-corrected chi connectivity index (χ1v) is 6.57. The van der Waals surface area contributed by atoms with Crippen LogP contribution in [-0.2, 0) is 10.0 Å². The zero-order valence-electron chi connectivity index (χ0n) is 9.10. The Balaban J connectivity index is 2.59. The highest BCUT2D eigenvalue weighted by atomic mass is 32.2. The van der Waals surface area contributed by atoms with Gasteiger partial charge in [-0.15, -0.1) is 0 Å². The molecule has 1 heterocycles. The van der Waals surface area contributed by atoms with E-state index in [9.17, 15) is 8.42 Å². The van der Waals surface area contributed by atoms with Crippen LogP contribution in [0.4, 0.5) is 0 Å². The minimum Gasteiger partial charge on any atom is -0.313 e. The topological polar surface area (TPSA) is 73.2 Å². The van der Waals surface area contributed by atoms with Crippen molar-refractivity contribution in [2.24, 2.45) is 0 Å². The predicted octanol–water partition coefficient (Wildman–Crippen LogP) is -0.0879. The van der Waals surface area contributed by atoms with Crippen LogP contribution in [0.1, 0.15) is 19.8 Å². The Kier molecular flexibility index (Phi) is 4.08. The summed E-state index contributed by atoms with van der Waals surface area (Å²) >= 11 is 0. The van der Waals surface area contributed by atoms with Crippen LogP contribution in [0.15, 0.2) is 0 Å².